The molecule has 110 valence electrons. The molecule has 8 nitrogen and oxygen atoms in total. The number of amides is 1. The Morgan fingerprint density at radius 3 is 2.86 bits per heavy atom. The zero-order valence-electron chi connectivity index (χ0n) is 11.3. The highest BCUT2D eigenvalue weighted by molar-refractivity contribution is 5.96. The quantitative estimate of drug-likeness (QED) is 0.680. The van der Waals surface area contributed by atoms with E-state index in [1.807, 2.05) is 0 Å². The molecule has 21 heavy (non-hydrogen) atoms. The lowest BCUT2D eigenvalue weighted by Gasteiger charge is -2.06. The van der Waals surface area contributed by atoms with Gasteiger partial charge in [-0.05, 0) is 25.1 Å². The average Bonchev–Trinajstić information content (AvgIpc) is 2.48. The van der Waals surface area contributed by atoms with Crippen molar-refractivity contribution in [1.82, 2.24) is 10.2 Å². The SMILES string of the molecule is CCOC(=O)c1n[nH]c2ccc(NC(=O)CN)cc2c1=O. The van der Waals surface area contributed by atoms with Gasteiger partial charge in [-0.2, -0.15) is 5.10 Å². The molecule has 0 atom stereocenters. The van der Waals surface area contributed by atoms with Crippen molar-refractivity contribution < 1.29 is 14.3 Å². The zero-order valence-corrected chi connectivity index (χ0v) is 11.3. The average molecular weight is 290 g/mol. The first-order valence-electron chi connectivity index (χ1n) is 6.26. The lowest BCUT2D eigenvalue weighted by molar-refractivity contribution is -0.114. The van der Waals surface area contributed by atoms with Crippen molar-refractivity contribution in [3.05, 3.63) is 34.1 Å². The van der Waals surface area contributed by atoms with Gasteiger partial charge in [0.05, 0.1) is 24.1 Å². The predicted molar refractivity (Wildman–Crippen MR) is 76.0 cm³/mol. The number of rotatable bonds is 4. The van der Waals surface area contributed by atoms with Crippen LogP contribution in [0.3, 0.4) is 0 Å². The van der Waals surface area contributed by atoms with Gasteiger partial charge in [0.1, 0.15) is 0 Å². The largest absolute Gasteiger partial charge is 0.461 e. The van der Waals surface area contributed by atoms with E-state index in [0.29, 0.717) is 11.2 Å². The highest BCUT2D eigenvalue weighted by Crippen LogP contribution is 2.14. The Balaban J connectivity index is 2.49. The monoisotopic (exact) mass is 290 g/mol. The van der Waals surface area contributed by atoms with E-state index in [9.17, 15) is 14.4 Å². The van der Waals surface area contributed by atoms with E-state index in [1.165, 1.54) is 6.07 Å². The Hall–Kier alpha value is -2.74. The summed E-state index contributed by atoms with van der Waals surface area (Å²) >= 11 is 0. The summed E-state index contributed by atoms with van der Waals surface area (Å²) in [6.07, 6.45) is 0. The maximum absolute atomic E-state index is 12.2. The summed E-state index contributed by atoms with van der Waals surface area (Å²) in [5.74, 6) is -1.18. The lowest BCUT2D eigenvalue weighted by Crippen LogP contribution is -2.23. The minimum atomic E-state index is -0.794. The minimum Gasteiger partial charge on any atom is -0.461 e. The van der Waals surface area contributed by atoms with Crippen molar-refractivity contribution in [3.63, 3.8) is 0 Å². The fraction of sp³-hybridized carbons (Fsp3) is 0.231. The number of carbonyl (C=O) groups excluding carboxylic acids is 2. The van der Waals surface area contributed by atoms with Crippen LogP contribution in [0.1, 0.15) is 17.4 Å². The van der Waals surface area contributed by atoms with E-state index in [-0.39, 0.29) is 30.1 Å². The molecule has 0 saturated heterocycles. The van der Waals surface area contributed by atoms with E-state index >= 15 is 0 Å². The molecule has 0 bridgehead atoms. The molecule has 0 saturated carbocycles. The van der Waals surface area contributed by atoms with Crippen molar-refractivity contribution in [1.29, 1.82) is 0 Å². The second-order valence-corrected chi connectivity index (χ2v) is 4.13. The van der Waals surface area contributed by atoms with Gasteiger partial charge in [0, 0.05) is 5.69 Å². The van der Waals surface area contributed by atoms with Crippen LogP contribution in [0, 0.1) is 0 Å². The maximum atomic E-state index is 12.2. The van der Waals surface area contributed by atoms with Gasteiger partial charge < -0.3 is 15.8 Å². The lowest BCUT2D eigenvalue weighted by atomic mass is 10.2. The molecular formula is C13H14N4O4. The first-order chi connectivity index (χ1) is 10.1. The van der Waals surface area contributed by atoms with E-state index in [2.05, 4.69) is 15.5 Å². The highest BCUT2D eigenvalue weighted by atomic mass is 16.5. The van der Waals surface area contributed by atoms with Gasteiger partial charge in [-0.15, -0.1) is 0 Å². The number of anilines is 1. The summed E-state index contributed by atoms with van der Waals surface area (Å²) in [5.41, 5.74) is 5.17. The van der Waals surface area contributed by atoms with Crippen molar-refractivity contribution in [2.75, 3.05) is 18.5 Å². The molecule has 0 aliphatic carbocycles. The molecule has 1 aromatic carbocycles. The highest BCUT2D eigenvalue weighted by Gasteiger charge is 2.16. The third-order valence-electron chi connectivity index (χ3n) is 2.71. The minimum absolute atomic E-state index is 0.143. The maximum Gasteiger partial charge on any atom is 0.362 e. The second-order valence-electron chi connectivity index (χ2n) is 4.13. The van der Waals surface area contributed by atoms with Crippen LogP contribution >= 0.6 is 0 Å². The Labute approximate surface area is 119 Å². The number of ether oxygens (including phenoxy) is 1. The number of aromatic amines is 1. The molecule has 0 spiro atoms. The van der Waals surface area contributed by atoms with Crippen LogP contribution in [0.15, 0.2) is 23.0 Å². The number of fused-ring (bicyclic) bond motifs is 1. The molecular weight excluding hydrogens is 276 g/mol. The second kappa shape index (κ2) is 6.14. The summed E-state index contributed by atoms with van der Waals surface area (Å²) in [6, 6.07) is 4.62. The van der Waals surface area contributed by atoms with Crippen LogP contribution in [0.25, 0.3) is 10.9 Å². The smallest absolute Gasteiger partial charge is 0.362 e. The number of esters is 1. The van der Waals surface area contributed by atoms with Crippen LogP contribution in [0.2, 0.25) is 0 Å². The first kappa shape index (κ1) is 14.7. The molecule has 0 aliphatic rings. The standard InChI is InChI=1S/C13H14N4O4/c1-2-21-13(20)11-12(19)8-5-7(15-10(18)6-14)3-4-9(8)16-17-11/h3-5H,2,6,14H2,1H3,(H,15,18)(H,16,19). The fourth-order valence-corrected chi connectivity index (χ4v) is 1.75. The van der Waals surface area contributed by atoms with Gasteiger partial charge >= 0.3 is 5.97 Å². The van der Waals surface area contributed by atoms with Crippen molar-refractivity contribution in [2.24, 2.45) is 5.73 Å². The molecule has 2 aromatic rings. The molecule has 1 amide bonds. The van der Waals surface area contributed by atoms with Gasteiger partial charge in [0.25, 0.3) is 0 Å². The summed E-state index contributed by atoms with van der Waals surface area (Å²) in [4.78, 5) is 35.1. The van der Waals surface area contributed by atoms with Gasteiger partial charge in [0.15, 0.2) is 0 Å². The molecule has 4 N–H and O–H groups in total. The first-order valence-corrected chi connectivity index (χ1v) is 6.26. The van der Waals surface area contributed by atoms with E-state index in [0.717, 1.165) is 0 Å². The normalized spacial score (nSPS) is 10.4. The third-order valence-corrected chi connectivity index (χ3v) is 2.71. The number of hydrogen-bond donors (Lipinski definition) is 3. The summed E-state index contributed by atoms with van der Waals surface area (Å²) in [7, 11) is 0. The molecule has 2 rings (SSSR count). The molecule has 0 aliphatic heterocycles. The number of H-pyrrole nitrogens is 1. The fourth-order valence-electron chi connectivity index (χ4n) is 1.75. The van der Waals surface area contributed by atoms with Crippen molar-refractivity contribution in [3.8, 4) is 0 Å². The van der Waals surface area contributed by atoms with Gasteiger partial charge in [0.2, 0.25) is 17.0 Å². The van der Waals surface area contributed by atoms with E-state index in [4.69, 9.17) is 10.5 Å². The molecule has 1 heterocycles. The molecule has 0 fully saturated rings. The summed E-state index contributed by atoms with van der Waals surface area (Å²) < 4.78 is 4.76. The third kappa shape index (κ3) is 3.06. The molecule has 8 heteroatoms. The topological polar surface area (TPSA) is 127 Å². The number of nitrogens with two attached hydrogens (primary N) is 1. The molecule has 0 unspecified atom stereocenters. The molecule has 0 radical (unpaired) electrons. The van der Waals surface area contributed by atoms with Crippen molar-refractivity contribution in [2.45, 2.75) is 6.92 Å². The van der Waals surface area contributed by atoms with Gasteiger partial charge in [-0.1, -0.05) is 0 Å². The Morgan fingerprint density at radius 2 is 2.19 bits per heavy atom. The number of nitrogens with one attached hydrogen (secondary N) is 2. The number of nitrogens with zero attached hydrogens (tertiary/aromatic N) is 1. The van der Waals surface area contributed by atoms with Gasteiger partial charge in [-0.3, -0.25) is 14.7 Å². The van der Waals surface area contributed by atoms with E-state index < -0.39 is 11.4 Å². The van der Waals surface area contributed by atoms with Crippen LogP contribution in [-0.4, -0.2) is 35.2 Å². The van der Waals surface area contributed by atoms with Crippen LogP contribution in [-0.2, 0) is 9.53 Å². The zero-order chi connectivity index (χ0) is 15.4. The Bertz CT molecular complexity index is 753. The van der Waals surface area contributed by atoms with Crippen molar-refractivity contribution >= 4 is 28.5 Å². The van der Waals surface area contributed by atoms with Crippen LogP contribution < -0.4 is 16.5 Å². The molecule has 1 aromatic heterocycles. The number of aromatic nitrogens is 2. The number of benzene rings is 1. The Kier molecular flexibility index (Phi) is 4.29. The van der Waals surface area contributed by atoms with Gasteiger partial charge in [-0.25, -0.2) is 4.79 Å². The number of carbonyl (C=O) groups is 2. The van der Waals surface area contributed by atoms with Crippen LogP contribution in [0.5, 0.6) is 0 Å². The van der Waals surface area contributed by atoms with Crippen LogP contribution in [0.4, 0.5) is 5.69 Å². The Morgan fingerprint density at radius 1 is 1.43 bits per heavy atom. The number of hydrogen-bond acceptors (Lipinski definition) is 6. The van der Waals surface area contributed by atoms with E-state index in [1.54, 1.807) is 19.1 Å². The summed E-state index contributed by atoms with van der Waals surface area (Å²) in [6.45, 7) is 1.61. The summed E-state index contributed by atoms with van der Waals surface area (Å²) in [5, 5.41) is 9.07. The predicted octanol–water partition coefficient (Wildman–Crippen LogP) is -0.00300.